The molecule has 0 fully saturated rings. The summed E-state index contributed by atoms with van der Waals surface area (Å²) >= 11 is 0. The van der Waals surface area contributed by atoms with E-state index in [0.717, 1.165) is 0 Å². The van der Waals surface area contributed by atoms with E-state index in [-0.39, 0.29) is 16.8 Å². The number of aromatic nitrogens is 1. The van der Waals surface area contributed by atoms with Crippen LogP contribution in [0.25, 0.3) is 0 Å². The Labute approximate surface area is 145 Å². The Morgan fingerprint density at radius 3 is 0.609 bits per heavy atom. The van der Waals surface area contributed by atoms with Crippen LogP contribution in [0.5, 0.6) is 0 Å². The van der Waals surface area contributed by atoms with E-state index in [0.29, 0.717) is 0 Å². The number of hydrogen-bond donors (Lipinski definition) is 0. The van der Waals surface area contributed by atoms with Gasteiger partial charge in [-0.15, -0.1) is 0 Å². The Bertz CT molecular complexity index is 172. The minimum absolute atomic E-state index is 0. The summed E-state index contributed by atoms with van der Waals surface area (Å²) in [4.78, 5) is 65.8. The van der Waals surface area contributed by atoms with Gasteiger partial charge in [0.15, 0.2) is 0 Å². The number of rotatable bonds is 0. The minimum atomic E-state index is 0. The molecule has 9 nitrogen and oxygen atoms in total. The smallest absolute Gasteiger partial charge is 0.0267 e. The molecular weight excluding hydrogens is 357 g/mol. The van der Waals surface area contributed by atoms with E-state index in [9.17, 15) is 0 Å². The van der Waals surface area contributed by atoms with Crippen LogP contribution in [0.15, 0.2) is 30.6 Å². The van der Waals surface area contributed by atoms with Gasteiger partial charge in [0.2, 0.25) is 0 Å². The summed E-state index contributed by atoms with van der Waals surface area (Å²) in [6.07, 6.45) is 3.50. The molecule has 0 aliphatic heterocycles. The van der Waals surface area contributed by atoms with Crippen molar-refractivity contribution in [2.75, 3.05) is 0 Å². The monoisotopic (exact) mass is 370 g/mol. The summed E-state index contributed by atoms with van der Waals surface area (Å²) in [7, 11) is 0. The van der Waals surface area contributed by atoms with Gasteiger partial charge >= 0.3 is 0 Å². The largest absolute Gasteiger partial charge is 0.545 e. The van der Waals surface area contributed by atoms with E-state index in [4.69, 9.17) is 38.4 Å². The van der Waals surface area contributed by atoms with E-state index in [1.54, 1.807) is 12.4 Å². The molecule has 23 heavy (non-hydrogen) atoms. The molecule has 0 aromatic carbocycles. The Kier molecular flexibility index (Phi) is 1760. The maximum absolute atomic E-state index is 7.75. The average Bonchev–Trinajstić information content (AvgIpc) is 2.75. The molecule has 0 aliphatic rings. The third kappa shape index (κ3) is 605. The van der Waals surface area contributed by atoms with Gasteiger partial charge in [-0.2, -0.15) is 0 Å². The van der Waals surface area contributed by atoms with Gasteiger partial charge in [0.25, 0.3) is 0 Å². The SMILES string of the molecule is [CH-]=O.[CH-]=O.[CH-]=O.[CH-]=O.[CH-]=O.[CH-]=O.[CH-]=O.[CH-]=O.[Co].c1ccncc1. The predicted octanol–water partition coefficient (Wildman–Crippen LogP) is -1.11. The fraction of sp³-hybridized carbons (Fsp3) is 0. The molecule has 0 bridgehead atoms. The van der Waals surface area contributed by atoms with Gasteiger partial charge in [-0.05, 0) is 12.1 Å². The standard InChI is InChI=1S/C5H5N.8CHO.Co/c1-2-4-6-5-3-1;8*1-2;/h1-5H;8*1H;/q;8*-1;. The maximum Gasteiger partial charge on any atom is 0.0267 e. The van der Waals surface area contributed by atoms with Crippen LogP contribution in [0.1, 0.15) is 0 Å². The third-order valence-corrected chi connectivity index (χ3v) is 0.566. The summed E-state index contributed by atoms with van der Waals surface area (Å²) in [6, 6.07) is 5.72. The van der Waals surface area contributed by atoms with Crippen LogP contribution >= 0.6 is 0 Å². The minimum Gasteiger partial charge on any atom is -0.545 e. The van der Waals surface area contributed by atoms with Crippen molar-refractivity contribution in [3.63, 3.8) is 0 Å². The van der Waals surface area contributed by atoms with Crippen molar-refractivity contribution in [3.8, 4) is 0 Å². The van der Waals surface area contributed by atoms with E-state index in [1.165, 1.54) is 0 Å². The zero-order valence-corrected chi connectivity index (χ0v) is 12.6. The second-order valence-electron chi connectivity index (χ2n) is 1.02. The third-order valence-electron chi connectivity index (χ3n) is 0.566. The molecule has 0 N–H and O–H groups in total. The molecule has 1 aromatic rings. The van der Waals surface area contributed by atoms with Crippen LogP contribution in [0.2, 0.25) is 0 Å². The second-order valence-corrected chi connectivity index (χ2v) is 1.02. The van der Waals surface area contributed by atoms with Crippen LogP contribution in [0.4, 0.5) is 0 Å². The predicted molar refractivity (Wildman–Crippen MR) is 78.2 cm³/mol. The quantitative estimate of drug-likeness (QED) is 0.409. The first-order valence-electron chi connectivity index (χ1n) is 3.74. The molecule has 1 rings (SSSR count). The summed E-state index contributed by atoms with van der Waals surface area (Å²) in [6.45, 7) is 26.0. The van der Waals surface area contributed by atoms with Crippen molar-refractivity contribution in [1.82, 2.24) is 4.98 Å². The number of carbonyl (C=O) groups excluding carboxylic acids is 8. The summed E-state index contributed by atoms with van der Waals surface area (Å²) in [5, 5.41) is 0. The van der Waals surface area contributed by atoms with E-state index >= 15 is 0 Å². The Morgan fingerprint density at radius 2 is 0.565 bits per heavy atom. The molecule has 0 atom stereocenters. The van der Waals surface area contributed by atoms with Crippen molar-refractivity contribution in [1.29, 1.82) is 0 Å². The number of nitrogens with zero attached hydrogens (tertiary/aromatic N) is 1. The van der Waals surface area contributed by atoms with Gasteiger partial charge in [0, 0.05) is 29.2 Å². The van der Waals surface area contributed by atoms with Gasteiger partial charge in [-0.3, -0.25) is 59.3 Å². The Hall–Kier alpha value is -2.98. The second kappa shape index (κ2) is 678. The normalized spacial score (nSPS) is 3.48. The summed E-state index contributed by atoms with van der Waals surface area (Å²) < 4.78 is 0. The van der Waals surface area contributed by atoms with Crippen LogP contribution < -0.4 is 0 Å². The van der Waals surface area contributed by atoms with Gasteiger partial charge < -0.3 is 38.4 Å². The van der Waals surface area contributed by atoms with E-state index in [1.807, 2.05) is 18.2 Å². The molecule has 10 heteroatoms. The van der Waals surface area contributed by atoms with Crippen molar-refractivity contribution < 1.29 is 55.1 Å². The number of pyridine rings is 1. The molecule has 0 amide bonds. The maximum atomic E-state index is 7.75. The molecule has 0 spiro atoms. The van der Waals surface area contributed by atoms with Crippen LogP contribution in [0.3, 0.4) is 0 Å². The van der Waals surface area contributed by atoms with Gasteiger partial charge in [0.1, 0.15) is 0 Å². The molecule has 1 radical (unpaired) electrons. The Morgan fingerprint density at radius 1 is 0.391 bits per heavy atom. The van der Waals surface area contributed by atoms with E-state index < -0.39 is 0 Å². The fourth-order valence-electron chi connectivity index (χ4n) is 0.313. The summed E-state index contributed by atoms with van der Waals surface area (Å²) in [5.41, 5.74) is 0. The fourth-order valence-corrected chi connectivity index (χ4v) is 0.313. The Balaban J connectivity index is -0.0000000147. The molecular formula is C13H13CoNO8-8. The zero-order chi connectivity index (χ0) is 20.2. The average molecular weight is 370 g/mol. The number of hydrogen-bond acceptors (Lipinski definition) is 9. The summed E-state index contributed by atoms with van der Waals surface area (Å²) in [5.74, 6) is 0. The van der Waals surface area contributed by atoms with Gasteiger partial charge in [0.05, 0.1) is 0 Å². The van der Waals surface area contributed by atoms with Crippen molar-refractivity contribution >= 4 is 54.3 Å². The first kappa shape index (κ1) is 59.6. The topological polar surface area (TPSA) is 149 Å². The molecule has 1 aromatic heterocycles. The van der Waals surface area contributed by atoms with Crippen LogP contribution in [0, 0.1) is 0 Å². The molecule has 0 unspecified atom stereocenters. The van der Waals surface area contributed by atoms with Crippen molar-refractivity contribution in [2.24, 2.45) is 0 Å². The molecule has 1 heterocycles. The van der Waals surface area contributed by atoms with Crippen LogP contribution in [-0.2, 0) is 55.1 Å². The van der Waals surface area contributed by atoms with Crippen molar-refractivity contribution in [3.05, 3.63) is 30.6 Å². The van der Waals surface area contributed by atoms with Gasteiger partial charge in [-0.1, -0.05) is 6.07 Å². The zero-order valence-electron chi connectivity index (χ0n) is 11.6. The molecule has 0 aliphatic carbocycles. The molecule has 135 valence electrons. The molecule has 0 saturated carbocycles. The van der Waals surface area contributed by atoms with Gasteiger partial charge in [-0.25, -0.2) is 0 Å². The van der Waals surface area contributed by atoms with Crippen molar-refractivity contribution in [2.45, 2.75) is 0 Å². The first-order chi connectivity index (χ1) is 11.0. The van der Waals surface area contributed by atoms with Crippen LogP contribution in [-0.4, -0.2) is 59.3 Å². The molecule has 0 saturated heterocycles. The first-order valence-corrected chi connectivity index (χ1v) is 3.74. The van der Waals surface area contributed by atoms with E-state index in [2.05, 4.69) is 59.3 Å².